The number of carbonyl (C=O) groups excluding carboxylic acids is 1. The summed E-state index contributed by atoms with van der Waals surface area (Å²) >= 11 is 2.48. The first-order chi connectivity index (χ1) is 14.0. The van der Waals surface area contributed by atoms with Crippen LogP contribution < -0.4 is 14.8 Å². The molecule has 152 valence electrons. The molecule has 1 unspecified atom stereocenters. The maximum absolute atomic E-state index is 13.0. The predicted molar refractivity (Wildman–Crippen MR) is 110 cm³/mol. The van der Waals surface area contributed by atoms with E-state index < -0.39 is 16.1 Å². The van der Waals surface area contributed by atoms with Gasteiger partial charge in [-0.25, -0.2) is 13.4 Å². The van der Waals surface area contributed by atoms with Crippen molar-refractivity contribution in [3.05, 3.63) is 29.6 Å². The van der Waals surface area contributed by atoms with Crippen molar-refractivity contribution in [3.63, 3.8) is 0 Å². The van der Waals surface area contributed by atoms with E-state index in [1.807, 2.05) is 6.07 Å². The number of sulfonamides is 1. The minimum atomic E-state index is -3.70. The lowest BCUT2D eigenvalue weighted by Gasteiger charge is -2.32. The molecule has 1 fully saturated rings. The molecule has 1 aromatic carbocycles. The van der Waals surface area contributed by atoms with Crippen molar-refractivity contribution >= 4 is 54.0 Å². The lowest BCUT2D eigenvalue weighted by Crippen LogP contribution is -2.49. The van der Waals surface area contributed by atoms with Crippen LogP contribution in [-0.2, 0) is 14.8 Å². The van der Waals surface area contributed by atoms with Crippen LogP contribution in [0.4, 0.5) is 5.13 Å². The van der Waals surface area contributed by atoms with Crippen molar-refractivity contribution in [2.45, 2.75) is 29.5 Å². The maximum Gasteiger partial charge on any atom is 0.253 e. The Morgan fingerprint density at radius 1 is 1.24 bits per heavy atom. The van der Waals surface area contributed by atoms with Gasteiger partial charge in [0.25, 0.3) is 10.0 Å². The van der Waals surface area contributed by atoms with Crippen LogP contribution in [0.5, 0.6) is 11.5 Å². The Labute approximate surface area is 175 Å². The van der Waals surface area contributed by atoms with Gasteiger partial charge in [-0.3, -0.25) is 4.79 Å². The van der Waals surface area contributed by atoms with E-state index in [1.165, 1.54) is 15.6 Å². The van der Waals surface area contributed by atoms with Crippen LogP contribution in [0.1, 0.15) is 19.3 Å². The van der Waals surface area contributed by atoms with Crippen LogP contribution in [-0.4, -0.2) is 43.0 Å². The number of hydrogen-bond acceptors (Lipinski definition) is 8. The third-order valence-corrected chi connectivity index (χ3v) is 9.14. The van der Waals surface area contributed by atoms with E-state index in [0.29, 0.717) is 35.1 Å². The molecule has 0 radical (unpaired) electrons. The van der Waals surface area contributed by atoms with E-state index in [2.05, 4.69) is 10.3 Å². The molecule has 8 nitrogen and oxygen atoms in total. The SMILES string of the molecule is O=C(Nc1nc2cc3c(cc2s1)OCO3)C1CCCCN1S(=O)(=O)c1cccs1. The van der Waals surface area contributed by atoms with Gasteiger partial charge < -0.3 is 14.8 Å². The molecule has 11 heteroatoms. The average molecular weight is 452 g/mol. The molecule has 2 aliphatic heterocycles. The van der Waals surface area contributed by atoms with Crippen LogP contribution in [0.3, 0.4) is 0 Å². The summed E-state index contributed by atoms with van der Waals surface area (Å²) in [6.45, 7) is 0.520. The van der Waals surface area contributed by atoms with Crippen molar-refractivity contribution in [3.8, 4) is 11.5 Å². The Kier molecular flexibility index (Phi) is 4.69. The molecule has 4 heterocycles. The number of thiazole rings is 1. The van der Waals surface area contributed by atoms with Gasteiger partial charge in [-0.05, 0) is 24.3 Å². The van der Waals surface area contributed by atoms with Gasteiger partial charge in [0.15, 0.2) is 16.6 Å². The van der Waals surface area contributed by atoms with Gasteiger partial charge in [0, 0.05) is 18.7 Å². The Balaban J connectivity index is 1.39. The Morgan fingerprint density at radius 2 is 2.07 bits per heavy atom. The summed E-state index contributed by atoms with van der Waals surface area (Å²) in [5.41, 5.74) is 0.696. The molecule has 0 aliphatic carbocycles. The van der Waals surface area contributed by atoms with Gasteiger partial charge >= 0.3 is 0 Å². The largest absolute Gasteiger partial charge is 0.454 e. The van der Waals surface area contributed by atoms with Gasteiger partial charge in [0.05, 0.1) is 10.2 Å². The third kappa shape index (κ3) is 3.37. The number of ether oxygens (including phenoxy) is 2. The number of piperidine rings is 1. The quantitative estimate of drug-likeness (QED) is 0.654. The van der Waals surface area contributed by atoms with Gasteiger partial charge in [-0.15, -0.1) is 11.3 Å². The predicted octanol–water partition coefficient (Wildman–Crippen LogP) is 3.27. The second kappa shape index (κ2) is 7.24. The van der Waals surface area contributed by atoms with Crippen molar-refractivity contribution < 1.29 is 22.7 Å². The highest BCUT2D eigenvalue weighted by Gasteiger charge is 2.38. The Bertz CT molecular complexity index is 1130. The summed E-state index contributed by atoms with van der Waals surface area (Å²) < 4.78 is 39.1. The van der Waals surface area contributed by atoms with Crippen LogP contribution >= 0.6 is 22.7 Å². The highest BCUT2D eigenvalue weighted by molar-refractivity contribution is 7.91. The zero-order valence-corrected chi connectivity index (χ0v) is 17.6. The van der Waals surface area contributed by atoms with E-state index in [0.717, 1.165) is 28.9 Å². The summed E-state index contributed by atoms with van der Waals surface area (Å²) in [5, 5.41) is 4.95. The second-order valence-corrected chi connectivity index (χ2v) is 10.8. The number of thiophene rings is 1. The maximum atomic E-state index is 13.0. The molecule has 3 aromatic rings. The van der Waals surface area contributed by atoms with Gasteiger partial charge in [0.1, 0.15) is 10.3 Å². The minimum absolute atomic E-state index is 0.187. The van der Waals surface area contributed by atoms with E-state index in [9.17, 15) is 13.2 Å². The number of rotatable bonds is 4. The molecule has 1 saturated heterocycles. The van der Waals surface area contributed by atoms with E-state index >= 15 is 0 Å². The topological polar surface area (TPSA) is 97.8 Å². The van der Waals surface area contributed by atoms with E-state index in [1.54, 1.807) is 23.6 Å². The number of hydrogen-bond donors (Lipinski definition) is 1. The zero-order valence-electron chi connectivity index (χ0n) is 15.2. The average Bonchev–Trinajstić information content (AvgIpc) is 3.46. The van der Waals surface area contributed by atoms with Crippen molar-refractivity contribution in [1.29, 1.82) is 0 Å². The standard InChI is InChI=1S/C18H17N3O5S3/c22-17(12-4-1-2-6-21(12)29(23,24)16-5-3-7-27-16)20-18-19-11-8-13-14(26-10-25-13)9-15(11)28-18/h3,5,7-9,12H,1-2,4,6,10H2,(H,19,20,22). The van der Waals surface area contributed by atoms with Crippen molar-refractivity contribution in [2.24, 2.45) is 0 Å². The molecule has 2 aromatic heterocycles. The first kappa shape index (κ1) is 18.8. The first-order valence-corrected chi connectivity index (χ1v) is 12.2. The molecule has 0 saturated carbocycles. The molecule has 1 N–H and O–H groups in total. The molecule has 0 spiro atoms. The number of aromatic nitrogens is 1. The lowest BCUT2D eigenvalue weighted by atomic mass is 10.0. The third-order valence-electron chi connectivity index (χ3n) is 4.93. The summed E-state index contributed by atoms with van der Waals surface area (Å²) in [5.74, 6) is 0.921. The number of anilines is 1. The van der Waals surface area contributed by atoms with E-state index in [-0.39, 0.29) is 16.9 Å². The number of benzene rings is 1. The van der Waals surface area contributed by atoms with Crippen LogP contribution in [0.25, 0.3) is 10.2 Å². The smallest absolute Gasteiger partial charge is 0.253 e. The fourth-order valence-electron chi connectivity index (χ4n) is 3.54. The summed E-state index contributed by atoms with van der Waals surface area (Å²) in [6.07, 6.45) is 2.02. The Hall–Kier alpha value is -2.21. The van der Waals surface area contributed by atoms with Gasteiger partial charge in [-0.2, -0.15) is 4.31 Å². The summed E-state index contributed by atoms with van der Waals surface area (Å²) in [6, 6.07) is 6.12. The van der Waals surface area contributed by atoms with Crippen LogP contribution in [0, 0.1) is 0 Å². The van der Waals surface area contributed by atoms with E-state index in [4.69, 9.17) is 9.47 Å². The highest BCUT2D eigenvalue weighted by Crippen LogP contribution is 2.39. The summed E-state index contributed by atoms with van der Waals surface area (Å²) in [4.78, 5) is 17.4. The molecular formula is C18H17N3O5S3. The fourth-order valence-corrected chi connectivity index (χ4v) is 7.20. The number of nitrogens with one attached hydrogen (secondary N) is 1. The molecule has 2 aliphatic rings. The van der Waals surface area contributed by atoms with Crippen molar-refractivity contribution in [1.82, 2.24) is 9.29 Å². The molecule has 0 bridgehead atoms. The zero-order chi connectivity index (χ0) is 20.0. The summed E-state index contributed by atoms with van der Waals surface area (Å²) in [7, 11) is -3.70. The number of fused-ring (bicyclic) bond motifs is 2. The van der Waals surface area contributed by atoms with Gasteiger partial charge in [0.2, 0.25) is 12.7 Å². The van der Waals surface area contributed by atoms with Gasteiger partial charge in [-0.1, -0.05) is 23.8 Å². The lowest BCUT2D eigenvalue weighted by molar-refractivity contribution is -0.120. The van der Waals surface area contributed by atoms with Crippen molar-refractivity contribution in [2.75, 3.05) is 18.7 Å². The second-order valence-electron chi connectivity index (χ2n) is 6.74. The molecule has 5 rings (SSSR count). The fraction of sp³-hybridized carbons (Fsp3) is 0.333. The number of nitrogens with zero attached hydrogens (tertiary/aromatic N) is 2. The molecule has 1 atom stereocenters. The monoisotopic (exact) mass is 451 g/mol. The highest BCUT2D eigenvalue weighted by atomic mass is 32.2. The number of carbonyl (C=O) groups is 1. The normalized spacial score (nSPS) is 19.5. The van der Waals surface area contributed by atoms with Crippen LogP contribution in [0.15, 0.2) is 33.9 Å². The first-order valence-electron chi connectivity index (χ1n) is 9.09. The molecule has 29 heavy (non-hydrogen) atoms. The van der Waals surface area contributed by atoms with Crippen LogP contribution in [0.2, 0.25) is 0 Å². The molecule has 1 amide bonds. The minimum Gasteiger partial charge on any atom is -0.454 e. The Morgan fingerprint density at radius 3 is 2.86 bits per heavy atom. The molecular weight excluding hydrogens is 434 g/mol. The number of amides is 1.